The fourth-order valence-corrected chi connectivity index (χ4v) is 8.25. The Morgan fingerprint density at radius 2 is 1.27 bits per heavy atom. The number of nitrogens with zero attached hydrogens (tertiary/aromatic N) is 2. The zero-order valence-corrected chi connectivity index (χ0v) is 27.3. The number of fused-ring (bicyclic) bond motifs is 6. The average molecular weight is 644 g/mol. The van der Waals surface area contributed by atoms with E-state index in [1.54, 1.807) is 0 Å². The van der Waals surface area contributed by atoms with Crippen LogP contribution in [0.2, 0.25) is 0 Å². The number of halogens is 1. The second-order valence-electron chi connectivity index (χ2n) is 12.7. The summed E-state index contributed by atoms with van der Waals surface area (Å²) in [5.41, 5.74) is 11.1. The Morgan fingerprint density at radius 1 is 0.600 bits per heavy atom. The van der Waals surface area contributed by atoms with Crippen LogP contribution in [0.4, 0.5) is 17.1 Å². The molecule has 0 aromatic heterocycles. The molecular formula is C42H31BrN2. The zero-order chi connectivity index (χ0) is 31.0. The lowest BCUT2D eigenvalue weighted by molar-refractivity contribution is 0.645. The fourth-order valence-electron chi connectivity index (χ4n) is 7.67. The van der Waals surface area contributed by atoms with Crippen molar-refractivity contribution < 1.29 is 0 Å². The molecule has 3 heteroatoms. The monoisotopic (exact) mass is 642 g/mol. The van der Waals surface area contributed by atoms with Gasteiger partial charge in [-0.2, -0.15) is 5.26 Å². The first-order chi connectivity index (χ1) is 21.8. The predicted octanol–water partition coefficient (Wildman–Crippen LogP) is 12.2. The summed E-state index contributed by atoms with van der Waals surface area (Å²) in [5.74, 6) is 0. The fraction of sp³-hybridized carbons (Fsp3) is 0.119. The first-order valence-corrected chi connectivity index (χ1v) is 16.2. The van der Waals surface area contributed by atoms with Crippen molar-refractivity contribution in [1.29, 1.82) is 5.26 Å². The molecule has 45 heavy (non-hydrogen) atoms. The maximum atomic E-state index is 9.65. The number of anilines is 3. The summed E-state index contributed by atoms with van der Waals surface area (Å²) in [6, 6.07) is 44.1. The van der Waals surface area contributed by atoms with Gasteiger partial charge in [0.25, 0.3) is 0 Å². The van der Waals surface area contributed by atoms with E-state index in [9.17, 15) is 5.26 Å². The lowest BCUT2D eigenvalue weighted by atomic mass is 9.68. The van der Waals surface area contributed by atoms with Crippen LogP contribution in [0.15, 0.2) is 120 Å². The Morgan fingerprint density at radius 3 is 2.00 bits per heavy atom. The van der Waals surface area contributed by atoms with Gasteiger partial charge in [0.15, 0.2) is 0 Å². The lowest BCUT2D eigenvalue weighted by Crippen LogP contribution is -2.24. The summed E-state index contributed by atoms with van der Waals surface area (Å²) in [4.78, 5) is 2.35. The largest absolute Gasteiger partial charge is 0.310 e. The molecule has 0 unspecified atom stereocenters. The highest BCUT2D eigenvalue weighted by Crippen LogP contribution is 2.53. The summed E-state index contributed by atoms with van der Waals surface area (Å²) < 4.78 is 1.13. The minimum absolute atomic E-state index is 0.225. The van der Waals surface area contributed by atoms with E-state index in [2.05, 4.69) is 158 Å². The maximum absolute atomic E-state index is 9.65. The Labute approximate surface area is 272 Å². The molecule has 1 aliphatic rings. The standard InChI is InChI=1S/C42H31BrN2/c1-25-19-27(24-44)20-26(2)41(25)45(28-11-6-5-7-12-28)29-17-18-31-36-22-34-30-13-8-9-14-32(30)39(43)23-35(34)33-15-10-16-37(40(33)36)42(3,4)38(31)21-29/h5-23H,1-4H3. The highest BCUT2D eigenvalue weighted by Gasteiger charge is 2.35. The van der Waals surface area contributed by atoms with Crippen LogP contribution in [0.25, 0.3) is 43.4 Å². The number of hydrogen-bond donors (Lipinski definition) is 0. The molecule has 2 nitrogen and oxygen atoms in total. The van der Waals surface area contributed by atoms with Crippen LogP contribution in [0.1, 0.15) is 41.7 Å². The molecule has 0 N–H and O–H groups in total. The van der Waals surface area contributed by atoms with Crippen molar-refractivity contribution >= 4 is 65.3 Å². The quantitative estimate of drug-likeness (QED) is 0.179. The zero-order valence-electron chi connectivity index (χ0n) is 25.7. The number of rotatable bonds is 3. The smallest absolute Gasteiger partial charge is 0.0991 e. The van der Waals surface area contributed by atoms with Gasteiger partial charge in [-0.05, 0) is 128 Å². The third-order valence-corrected chi connectivity index (χ3v) is 10.4. The molecule has 0 atom stereocenters. The van der Waals surface area contributed by atoms with E-state index in [0.29, 0.717) is 5.56 Å². The number of benzene rings is 7. The van der Waals surface area contributed by atoms with Crippen molar-refractivity contribution in [1.82, 2.24) is 0 Å². The molecule has 8 rings (SSSR count). The van der Waals surface area contributed by atoms with Crippen LogP contribution in [-0.4, -0.2) is 0 Å². The predicted molar refractivity (Wildman–Crippen MR) is 193 cm³/mol. The topological polar surface area (TPSA) is 27.0 Å². The van der Waals surface area contributed by atoms with Gasteiger partial charge in [-0.3, -0.25) is 0 Å². The first-order valence-electron chi connectivity index (χ1n) is 15.4. The number of nitriles is 1. The Bertz CT molecular complexity index is 2370. The molecule has 0 spiro atoms. The summed E-state index contributed by atoms with van der Waals surface area (Å²) in [7, 11) is 0. The van der Waals surface area contributed by atoms with E-state index < -0.39 is 0 Å². The van der Waals surface area contributed by atoms with Gasteiger partial charge in [0.05, 0.1) is 17.3 Å². The lowest BCUT2D eigenvalue weighted by Gasteiger charge is -2.37. The van der Waals surface area contributed by atoms with Gasteiger partial charge in [0.1, 0.15) is 0 Å². The van der Waals surface area contributed by atoms with Crippen molar-refractivity contribution in [2.75, 3.05) is 4.90 Å². The minimum atomic E-state index is -0.225. The molecule has 0 saturated carbocycles. The van der Waals surface area contributed by atoms with Gasteiger partial charge < -0.3 is 4.90 Å². The van der Waals surface area contributed by atoms with Crippen LogP contribution in [0.5, 0.6) is 0 Å². The molecule has 7 aromatic rings. The van der Waals surface area contributed by atoms with Crippen molar-refractivity contribution in [3.8, 4) is 17.2 Å². The molecule has 0 aliphatic heterocycles. The minimum Gasteiger partial charge on any atom is -0.310 e. The molecular weight excluding hydrogens is 612 g/mol. The summed E-state index contributed by atoms with van der Waals surface area (Å²) in [6.07, 6.45) is 0. The van der Waals surface area contributed by atoms with Crippen LogP contribution in [0, 0.1) is 25.2 Å². The van der Waals surface area contributed by atoms with Crippen LogP contribution < -0.4 is 4.90 Å². The van der Waals surface area contributed by atoms with Gasteiger partial charge in [-0.1, -0.05) is 96.5 Å². The number of para-hydroxylation sites is 1. The van der Waals surface area contributed by atoms with E-state index in [1.165, 1.54) is 54.6 Å². The normalized spacial score (nSPS) is 13.2. The van der Waals surface area contributed by atoms with E-state index in [-0.39, 0.29) is 5.41 Å². The first kappa shape index (κ1) is 27.6. The maximum Gasteiger partial charge on any atom is 0.0991 e. The summed E-state index contributed by atoms with van der Waals surface area (Å²) >= 11 is 3.88. The van der Waals surface area contributed by atoms with Crippen molar-refractivity contribution in [3.05, 3.63) is 148 Å². The molecule has 216 valence electrons. The van der Waals surface area contributed by atoms with E-state index in [1.807, 2.05) is 12.1 Å². The molecule has 0 radical (unpaired) electrons. The third kappa shape index (κ3) is 4.06. The molecule has 1 aliphatic carbocycles. The average Bonchev–Trinajstić information content (AvgIpc) is 3.05. The Hall–Kier alpha value is -4.91. The molecule has 7 aromatic carbocycles. The van der Waals surface area contributed by atoms with Crippen LogP contribution in [0.3, 0.4) is 0 Å². The molecule has 0 amide bonds. The van der Waals surface area contributed by atoms with Gasteiger partial charge >= 0.3 is 0 Å². The SMILES string of the molecule is Cc1cc(C#N)cc(C)c1N(c1ccccc1)c1ccc2c(c1)C(C)(C)c1cccc3c1c-2cc1c2ccccc2c(Br)cc31. The second kappa shape index (κ2) is 10.1. The highest BCUT2D eigenvalue weighted by molar-refractivity contribution is 9.10. The van der Waals surface area contributed by atoms with Crippen LogP contribution in [-0.2, 0) is 5.41 Å². The van der Waals surface area contributed by atoms with Crippen LogP contribution >= 0.6 is 15.9 Å². The van der Waals surface area contributed by atoms with E-state index in [4.69, 9.17) is 0 Å². The van der Waals surface area contributed by atoms with Crippen molar-refractivity contribution in [2.24, 2.45) is 0 Å². The molecule has 0 heterocycles. The second-order valence-corrected chi connectivity index (χ2v) is 13.6. The van der Waals surface area contributed by atoms with E-state index >= 15 is 0 Å². The molecule has 0 bridgehead atoms. The molecule has 0 fully saturated rings. The third-order valence-electron chi connectivity index (χ3n) is 9.70. The van der Waals surface area contributed by atoms with Gasteiger partial charge in [0.2, 0.25) is 0 Å². The Kier molecular flexibility index (Phi) is 6.17. The molecule has 0 saturated heterocycles. The van der Waals surface area contributed by atoms with Gasteiger partial charge in [0, 0.05) is 21.3 Å². The van der Waals surface area contributed by atoms with E-state index in [0.717, 1.165) is 32.7 Å². The number of hydrogen-bond acceptors (Lipinski definition) is 2. The summed E-state index contributed by atoms with van der Waals surface area (Å²) in [5, 5.41) is 17.3. The van der Waals surface area contributed by atoms with Crippen molar-refractivity contribution in [3.63, 3.8) is 0 Å². The van der Waals surface area contributed by atoms with Crippen molar-refractivity contribution in [2.45, 2.75) is 33.1 Å². The highest BCUT2D eigenvalue weighted by atomic mass is 79.9. The Balaban J connectivity index is 1.43. The summed E-state index contributed by atoms with van der Waals surface area (Å²) in [6.45, 7) is 8.93. The van der Waals surface area contributed by atoms with Gasteiger partial charge in [-0.25, -0.2) is 0 Å². The number of aryl methyl sites for hydroxylation is 2. The van der Waals surface area contributed by atoms with Gasteiger partial charge in [-0.15, -0.1) is 0 Å².